The molecular formula is C12H17N. The van der Waals surface area contributed by atoms with Gasteiger partial charge >= 0.3 is 0 Å². The maximum Gasteiger partial charge on any atom is 0.0441 e. The molecule has 1 heterocycles. The summed E-state index contributed by atoms with van der Waals surface area (Å²) in [7, 11) is 0. The van der Waals surface area contributed by atoms with Gasteiger partial charge in [-0.1, -0.05) is 0 Å². The third-order valence-electron chi connectivity index (χ3n) is 3.30. The fraction of sp³-hybridized carbons (Fsp3) is 0.583. The number of rotatable bonds is 0. The summed E-state index contributed by atoms with van der Waals surface area (Å²) >= 11 is 0. The molecule has 2 rings (SSSR count). The van der Waals surface area contributed by atoms with E-state index in [1.807, 2.05) is 0 Å². The summed E-state index contributed by atoms with van der Waals surface area (Å²) in [6.45, 7) is 6.55. The van der Waals surface area contributed by atoms with Crippen molar-refractivity contribution < 1.29 is 0 Å². The fourth-order valence-electron chi connectivity index (χ4n) is 2.20. The molecule has 1 aromatic rings. The Morgan fingerprint density at radius 3 is 2.38 bits per heavy atom. The van der Waals surface area contributed by atoms with E-state index in [0.717, 1.165) is 0 Å². The Kier molecular flexibility index (Phi) is 2.10. The lowest BCUT2D eigenvalue weighted by molar-refractivity contribution is 0.659. The molecule has 1 nitrogen and oxygen atoms in total. The van der Waals surface area contributed by atoms with Crippen molar-refractivity contribution in [3.63, 3.8) is 0 Å². The van der Waals surface area contributed by atoms with Crippen molar-refractivity contribution in [2.24, 2.45) is 0 Å². The van der Waals surface area contributed by atoms with Crippen molar-refractivity contribution in [1.29, 1.82) is 0 Å². The Hall–Kier alpha value is -0.850. The largest absolute Gasteiger partial charge is 0.258 e. The van der Waals surface area contributed by atoms with Crippen molar-refractivity contribution in [2.45, 2.75) is 46.5 Å². The number of pyridine rings is 1. The summed E-state index contributed by atoms with van der Waals surface area (Å²) in [4.78, 5) is 4.67. The molecule has 0 spiro atoms. The molecule has 1 aromatic heterocycles. The van der Waals surface area contributed by atoms with Crippen LogP contribution in [0.2, 0.25) is 0 Å². The second-order valence-electron chi connectivity index (χ2n) is 4.08. The van der Waals surface area contributed by atoms with Gasteiger partial charge in [0.15, 0.2) is 0 Å². The normalized spacial score (nSPS) is 15.6. The molecule has 0 aliphatic heterocycles. The topological polar surface area (TPSA) is 12.9 Å². The molecule has 0 N–H and O–H groups in total. The van der Waals surface area contributed by atoms with Gasteiger partial charge in [-0.05, 0) is 63.1 Å². The predicted molar refractivity (Wildman–Crippen MR) is 55.1 cm³/mol. The first-order valence-corrected chi connectivity index (χ1v) is 5.15. The fourth-order valence-corrected chi connectivity index (χ4v) is 2.20. The highest BCUT2D eigenvalue weighted by Crippen LogP contribution is 2.25. The van der Waals surface area contributed by atoms with Crippen LogP contribution >= 0.6 is 0 Å². The van der Waals surface area contributed by atoms with Crippen molar-refractivity contribution in [2.75, 3.05) is 0 Å². The first-order chi connectivity index (χ1) is 6.20. The zero-order valence-corrected chi connectivity index (χ0v) is 8.78. The number of hydrogen-bond acceptors (Lipinski definition) is 1. The van der Waals surface area contributed by atoms with Crippen LogP contribution in [0.5, 0.6) is 0 Å². The molecule has 0 saturated heterocycles. The van der Waals surface area contributed by atoms with E-state index in [1.54, 1.807) is 0 Å². The summed E-state index contributed by atoms with van der Waals surface area (Å²) in [6.07, 6.45) is 5.10. The van der Waals surface area contributed by atoms with Crippen molar-refractivity contribution in [3.05, 3.63) is 28.1 Å². The van der Waals surface area contributed by atoms with Gasteiger partial charge in [0.1, 0.15) is 0 Å². The van der Waals surface area contributed by atoms with E-state index in [2.05, 4.69) is 25.8 Å². The minimum absolute atomic E-state index is 1.19. The highest BCUT2D eigenvalue weighted by atomic mass is 14.7. The molecule has 0 saturated carbocycles. The summed E-state index contributed by atoms with van der Waals surface area (Å²) in [5.41, 5.74) is 7.00. The minimum atomic E-state index is 1.19. The van der Waals surface area contributed by atoms with Crippen LogP contribution in [0.1, 0.15) is 40.9 Å². The molecule has 0 aromatic carbocycles. The zero-order chi connectivity index (χ0) is 9.42. The number of aryl methyl sites for hydroxylation is 2. The van der Waals surface area contributed by atoms with Gasteiger partial charge in [0, 0.05) is 11.4 Å². The first-order valence-electron chi connectivity index (χ1n) is 5.15. The average Bonchev–Trinajstić information content (AvgIpc) is 2.15. The molecule has 0 amide bonds. The summed E-state index contributed by atoms with van der Waals surface area (Å²) in [5.74, 6) is 0. The Balaban J connectivity index is 2.60. The van der Waals surface area contributed by atoms with Crippen LogP contribution in [-0.2, 0) is 12.8 Å². The lowest BCUT2D eigenvalue weighted by Crippen LogP contribution is -2.10. The maximum absolute atomic E-state index is 4.67. The van der Waals surface area contributed by atoms with Crippen LogP contribution in [0.3, 0.4) is 0 Å². The molecule has 0 fully saturated rings. The number of aromatic nitrogens is 1. The van der Waals surface area contributed by atoms with E-state index in [9.17, 15) is 0 Å². The van der Waals surface area contributed by atoms with E-state index in [-0.39, 0.29) is 0 Å². The predicted octanol–water partition coefficient (Wildman–Crippen LogP) is 2.89. The monoisotopic (exact) mass is 175 g/mol. The molecular weight excluding hydrogens is 158 g/mol. The van der Waals surface area contributed by atoms with Gasteiger partial charge in [0.05, 0.1) is 0 Å². The summed E-state index contributed by atoms with van der Waals surface area (Å²) < 4.78 is 0. The minimum Gasteiger partial charge on any atom is -0.258 e. The van der Waals surface area contributed by atoms with Gasteiger partial charge < -0.3 is 0 Å². The Labute approximate surface area is 80.2 Å². The highest BCUT2D eigenvalue weighted by molar-refractivity contribution is 5.39. The molecule has 0 atom stereocenters. The van der Waals surface area contributed by atoms with E-state index < -0.39 is 0 Å². The van der Waals surface area contributed by atoms with Gasteiger partial charge in [-0.25, -0.2) is 0 Å². The zero-order valence-electron chi connectivity index (χ0n) is 8.78. The number of hydrogen-bond donors (Lipinski definition) is 0. The molecule has 0 unspecified atom stereocenters. The number of fused-ring (bicyclic) bond motifs is 1. The molecule has 1 heteroatoms. The Bertz CT molecular complexity index is 339. The van der Waals surface area contributed by atoms with Crippen LogP contribution in [0.25, 0.3) is 0 Å². The Morgan fingerprint density at radius 1 is 0.923 bits per heavy atom. The van der Waals surface area contributed by atoms with Crippen LogP contribution < -0.4 is 0 Å². The van der Waals surface area contributed by atoms with Gasteiger partial charge in [-0.15, -0.1) is 0 Å². The van der Waals surface area contributed by atoms with Gasteiger partial charge in [0.2, 0.25) is 0 Å². The van der Waals surface area contributed by atoms with E-state index in [1.165, 1.54) is 53.8 Å². The molecule has 0 bridgehead atoms. The SMILES string of the molecule is Cc1nc2c(c(C)c1C)CCCC2. The molecule has 13 heavy (non-hydrogen) atoms. The van der Waals surface area contributed by atoms with Crippen LogP contribution in [0.15, 0.2) is 0 Å². The second kappa shape index (κ2) is 3.13. The van der Waals surface area contributed by atoms with Crippen molar-refractivity contribution >= 4 is 0 Å². The van der Waals surface area contributed by atoms with Crippen molar-refractivity contribution in [3.8, 4) is 0 Å². The molecule has 1 aliphatic carbocycles. The van der Waals surface area contributed by atoms with Crippen molar-refractivity contribution in [1.82, 2.24) is 4.98 Å². The molecule has 1 aliphatic rings. The second-order valence-corrected chi connectivity index (χ2v) is 4.08. The smallest absolute Gasteiger partial charge is 0.0441 e. The van der Waals surface area contributed by atoms with E-state index >= 15 is 0 Å². The lowest BCUT2D eigenvalue weighted by atomic mass is 9.90. The van der Waals surface area contributed by atoms with E-state index in [4.69, 9.17) is 0 Å². The van der Waals surface area contributed by atoms with Crippen LogP contribution in [-0.4, -0.2) is 4.98 Å². The average molecular weight is 175 g/mol. The van der Waals surface area contributed by atoms with E-state index in [0.29, 0.717) is 0 Å². The lowest BCUT2D eigenvalue weighted by Gasteiger charge is -2.19. The summed E-state index contributed by atoms with van der Waals surface area (Å²) in [5, 5.41) is 0. The standard InChI is InChI=1S/C12H17N/c1-8-9(2)11-6-4-5-7-12(11)13-10(8)3/h4-7H2,1-3H3. The maximum atomic E-state index is 4.67. The summed E-state index contributed by atoms with van der Waals surface area (Å²) in [6, 6.07) is 0. The van der Waals surface area contributed by atoms with Crippen LogP contribution in [0, 0.1) is 20.8 Å². The highest BCUT2D eigenvalue weighted by Gasteiger charge is 2.15. The molecule has 70 valence electrons. The van der Waals surface area contributed by atoms with Gasteiger partial charge in [-0.3, -0.25) is 4.98 Å². The molecule has 0 radical (unpaired) electrons. The quantitative estimate of drug-likeness (QED) is 0.591. The van der Waals surface area contributed by atoms with Crippen LogP contribution in [0.4, 0.5) is 0 Å². The third kappa shape index (κ3) is 1.37. The third-order valence-corrected chi connectivity index (χ3v) is 3.30. The Morgan fingerprint density at radius 2 is 1.62 bits per heavy atom. The number of nitrogens with zero attached hydrogens (tertiary/aromatic N) is 1. The first kappa shape index (κ1) is 8.74. The van der Waals surface area contributed by atoms with Gasteiger partial charge in [0.25, 0.3) is 0 Å². The van der Waals surface area contributed by atoms with Gasteiger partial charge in [-0.2, -0.15) is 0 Å².